The molecule has 0 aliphatic rings. The molecular weight excluding hydrogens is 350 g/mol. The number of nitrogens with zero attached hydrogens (tertiary/aromatic N) is 4. The smallest absolute Gasteiger partial charge is 0.267 e. The molecule has 3 aromatic rings. The maximum atomic E-state index is 12.1. The standard InChI is InChI=1S/C18H19N5O4/c1-2-13-10-18(26)22(12-20-13)8-7-19-16(24)11-23-17(25)6-5-14(21-23)15-4-3-9-27-15/h3-6,9-10,12H,2,7-8,11H2,1H3,(H,19,24). The van der Waals surface area contributed by atoms with Gasteiger partial charge in [-0.3, -0.25) is 19.0 Å². The first-order chi connectivity index (χ1) is 13.1. The molecule has 0 aromatic carbocycles. The maximum Gasteiger partial charge on any atom is 0.267 e. The van der Waals surface area contributed by atoms with Gasteiger partial charge in [0, 0.05) is 30.9 Å². The predicted octanol–water partition coefficient (Wildman–Crippen LogP) is 0.439. The predicted molar refractivity (Wildman–Crippen MR) is 97.1 cm³/mol. The summed E-state index contributed by atoms with van der Waals surface area (Å²) in [5, 5.41) is 6.81. The zero-order valence-electron chi connectivity index (χ0n) is 14.8. The zero-order valence-corrected chi connectivity index (χ0v) is 14.8. The second-order valence-corrected chi connectivity index (χ2v) is 5.81. The minimum atomic E-state index is -0.393. The van der Waals surface area contributed by atoms with Gasteiger partial charge in [0.2, 0.25) is 5.91 Å². The molecule has 0 bridgehead atoms. The SMILES string of the molecule is CCc1cc(=O)n(CCNC(=O)Cn2nc(-c3ccco3)ccc2=O)cn1. The number of aryl methyl sites for hydroxylation is 1. The first kappa shape index (κ1) is 18.3. The summed E-state index contributed by atoms with van der Waals surface area (Å²) in [6, 6.07) is 7.77. The molecule has 0 aliphatic carbocycles. The van der Waals surface area contributed by atoms with Crippen molar-refractivity contribution in [1.29, 1.82) is 0 Å². The molecule has 1 N–H and O–H groups in total. The Hall–Kier alpha value is -3.49. The summed E-state index contributed by atoms with van der Waals surface area (Å²) in [5.41, 5.74) is 0.624. The maximum absolute atomic E-state index is 12.1. The Bertz CT molecular complexity index is 1040. The van der Waals surface area contributed by atoms with Crippen LogP contribution in [0.1, 0.15) is 12.6 Å². The van der Waals surface area contributed by atoms with Crippen molar-refractivity contribution < 1.29 is 9.21 Å². The second-order valence-electron chi connectivity index (χ2n) is 5.81. The molecule has 1 amide bonds. The molecule has 140 valence electrons. The third kappa shape index (κ3) is 4.57. The van der Waals surface area contributed by atoms with Crippen LogP contribution in [-0.2, 0) is 24.3 Å². The lowest BCUT2D eigenvalue weighted by atomic mass is 10.3. The third-order valence-corrected chi connectivity index (χ3v) is 3.91. The van der Waals surface area contributed by atoms with E-state index in [4.69, 9.17) is 4.42 Å². The molecule has 9 nitrogen and oxygen atoms in total. The molecule has 3 rings (SSSR count). The monoisotopic (exact) mass is 369 g/mol. The number of hydrogen-bond acceptors (Lipinski definition) is 6. The van der Waals surface area contributed by atoms with Gasteiger partial charge in [0.1, 0.15) is 12.2 Å². The van der Waals surface area contributed by atoms with E-state index in [1.54, 1.807) is 12.1 Å². The van der Waals surface area contributed by atoms with Crippen molar-refractivity contribution in [2.24, 2.45) is 0 Å². The van der Waals surface area contributed by atoms with Crippen LogP contribution in [0, 0.1) is 0 Å². The number of amides is 1. The Labute approximate surface area is 154 Å². The first-order valence-corrected chi connectivity index (χ1v) is 8.51. The first-order valence-electron chi connectivity index (χ1n) is 8.51. The van der Waals surface area contributed by atoms with Crippen molar-refractivity contribution in [1.82, 2.24) is 24.6 Å². The van der Waals surface area contributed by atoms with E-state index < -0.39 is 5.56 Å². The molecule has 27 heavy (non-hydrogen) atoms. The van der Waals surface area contributed by atoms with Crippen molar-refractivity contribution in [2.75, 3.05) is 6.54 Å². The Morgan fingerprint density at radius 3 is 2.78 bits per heavy atom. The fraction of sp³-hybridized carbons (Fsp3) is 0.278. The van der Waals surface area contributed by atoms with Crippen molar-refractivity contribution in [3.8, 4) is 11.5 Å². The summed E-state index contributed by atoms with van der Waals surface area (Å²) >= 11 is 0. The quantitative estimate of drug-likeness (QED) is 0.647. The Morgan fingerprint density at radius 2 is 2.07 bits per heavy atom. The highest BCUT2D eigenvalue weighted by Crippen LogP contribution is 2.14. The van der Waals surface area contributed by atoms with E-state index in [9.17, 15) is 14.4 Å². The Balaban J connectivity index is 1.59. The normalized spacial score (nSPS) is 10.7. The van der Waals surface area contributed by atoms with Gasteiger partial charge in [-0.05, 0) is 24.6 Å². The van der Waals surface area contributed by atoms with Crippen LogP contribution in [0.5, 0.6) is 0 Å². The van der Waals surface area contributed by atoms with Gasteiger partial charge in [0.05, 0.1) is 12.6 Å². The molecular formula is C18H19N5O4. The molecule has 9 heteroatoms. The highest BCUT2D eigenvalue weighted by atomic mass is 16.3. The molecule has 0 saturated carbocycles. The van der Waals surface area contributed by atoms with E-state index >= 15 is 0 Å². The Morgan fingerprint density at radius 1 is 1.22 bits per heavy atom. The van der Waals surface area contributed by atoms with Crippen LogP contribution < -0.4 is 16.4 Å². The van der Waals surface area contributed by atoms with Gasteiger partial charge in [0.25, 0.3) is 11.1 Å². The lowest BCUT2D eigenvalue weighted by Crippen LogP contribution is -2.36. The van der Waals surface area contributed by atoms with E-state index in [-0.39, 0.29) is 31.1 Å². The van der Waals surface area contributed by atoms with Crippen molar-refractivity contribution in [3.05, 3.63) is 69.3 Å². The number of rotatable bonds is 7. The molecule has 3 aromatic heterocycles. The summed E-state index contributed by atoms with van der Waals surface area (Å²) in [6.45, 7) is 2.22. The molecule has 0 aliphatic heterocycles. The summed E-state index contributed by atoms with van der Waals surface area (Å²) in [6.07, 6.45) is 3.65. The number of aromatic nitrogens is 4. The van der Waals surface area contributed by atoms with Crippen molar-refractivity contribution >= 4 is 5.91 Å². The second kappa shape index (κ2) is 8.26. The summed E-state index contributed by atoms with van der Waals surface area (Å²) in [7, 11) is 0. The van der Waals surface area contributed by atoms with Gasteiger partial charge >= 0.3 is 0 Å². The van der Waals surface area contributed by atoms with Crippen molar-refractivity contribution in [3.63, 3.8) is 0 Å². The fourth-order valence-electron chi connectivity index (χ4n) is 2.45. The molecule has 0 spiro atoms. The minimum absolute atomic E-state index is 0.167. The molecule has 0 atom stereocenters. The van der Waals surface area contributed by atoms with Gasteiger partial charge in [-0.25, -0.2) is 9.67 Å². The fourth-order valence-corrected chi connectivity index (χ4v) is 2.45. The van der Waals surface area contributed by atoms with Gasteiger partial charge in [0.15, 0.2) is 5.76 Å². The van der Waals surface area contributed by atoms with Gasteiger partial charge in [-0.2, -0.15) is 5.10 Å². The van der Waals surface area contributed by atoms with Crippen LogP contribution in [-0.4, -0.2) is 31.8 Å². The summed E-state index contributed by atoms with van der Waals surface area (Å²) in [5.74, 6) is 0.124. The molecule has 3 heterocycles. The number of carbonyl (C=O) groups excluding carboxylic acids is 1. The van der Waals surface area contributed by atoms with E-state index in [0.717, 1.165) is 10.4 Å². The topological polar surface area (TPSA) is 112 Å². The third-order valence-electron chi connectivity index (χ3n) is 3.91. The number of nitrogens with one attached hydrogen (secondary N) is 1. The molecule has 0 unspecified atom stereocenters. The van der Waals surface area contributed by atoms with Gasteiger partial charge < -0.3 is 9.73 Å². The highest BCUT2D eigenvalue weighted by molar-refractivity contribution is 5.75. The Kier molecular flexibility index (Phi) is 5.60. The minimum Gasteiger partial charge on any atom is -0.463 e. The lowest BCUT2D eigenvalue weighted by molar-refractivity contribution is -0.121. The number of hydrogen-bond donors (Lipinski definition) is 1. The summed E-state index contributed by atoms with van der Waals surface area (Å²) < 4.78 is 7.73. The van der Waals surface area contributed by atoms with E-state index in [1.165, 1.54) is 35.4 Å². The van der Waals surface area contributed by atoms with Crippen LogP contribution in [0.3, 0.4) is 0 Å². The number of carbonyl (C=O) groups is 1. The zero-order chi connectivity index (χ0) is 19.2. The van der Waals surface area contributed by atoms with Gasteiger partial charge in [-0.1, -0.05) is 6.92 Å². The van der Waals surface area contributed by atoms with Crippen LogP contribution in [0.4, 0.5) is 0 Å². The van der Waals surface area contributed by atoms with E-state index in [0.29, 0.717) is 17.9 Å². The average Bonchev–Trinajstić information content (AvgIpc) is 3.19. The van der Waals surface area contributed by atoms with E-state index in [2.05, 4.69) is 15.4 Å². The highest BCUT2D eigenvalue weighted by Gasteiger charge is 2.09. The average molecular weight is 369 g/mol. The number of furan rings is 1. The molecule has 0 fully saturated rings. The van der Waals surface area contributed by atoms with Crippen LogP contribution in [0.25, 0.3) is 11.5 Å². The molecule has 0 radical (unpaired) electrons. The van der Waals surface area contributed by atoms with E-state index in [1.807, 2.05) is 6.92 Å². The largest absolute Gasteiger partial charge is 0.463 e. The lowest BCUT2D eigenvalue weighted by Gasteiger charge is -2.09. The van der Waals surface area contributed by atoms with Crippen LogP contribution >= 0.6 is 0 Å². The van der Waals surface area contributed by atoms with Crippen LogP contribution in [0.2, 0.25) is 0 Å². The molecule has 0 saturated heterocycles. The van der Waals surface area contributed by atoms with Crippen molar-refractivity contribution in [2.45, 2.75) is 26.4 Å². The van der Waals surface area contributed by atoms with Crippen LogP contribution in [0.15, 0.2) is 56.9 Å². The van der Waals surface area contributed by atoms with Gasteiger partial charge in [-0.15, -0.1) is 0 Å². The summed E-state index contributed by atoms with van der Waals surface area (Å²) in [4.78, 5) is 40.1.